The van der Waals surface area contributed by atoms with Gasteiger partial charge in [-0.25, -0.2) is 4.79 Å². The van der Waals surface area contributed by atoms with E-state index in [1.54, 1.807) is 23.0 Å². The van der Waals surface area contributed by atoms with Crippen LogP contribution in [0.3, 0.4) is 0 Å². The fraction of sp³-hybridized carbons (Fsp3) is 0.167. The molecule has 0 fully saturated rings. The fourth-order valence-corrected chi connectivity index (χ4v) is 1.60. The largest absolute Gasteiger partial charge is 0.478 e. The van der Waals surface area contributed by atoms with Gasteiger partial charge in [0.05, 0.1) is 17.4 Å². The number of aryl methyl sites for hydroxylation is 1. The molecule has 2 aromatic rings. The number of nitrogens with one attached hydrogen (secondary N) is 1. The zero-order chi connectivity index (χ0) is 13.1. The zero-order valence-corrected chi connectivity index (χ0v) is 9.92. The molecule has 0 spiro atoms. The number of nitrogen functional groups attached to an aromatic ring is 1. The number of anilines is 3. The Morgan fingerprint density at radius 1 is 1.50 bits per heavy atom. The first-order valence-corrected chi connectivity index (χ1v) is 5.52. The highest BCUT2D eigenvalue weighted by Crippen LogP contribution is 2.21. The summed E-state index contributed by atoms with van der Waals surface area (Å²) in [4.78, 5) is 10.8. The lowest BCUT2D eigenvalue weighted by molar-refractivity contribution is 0.0698. The van der Waals surface area contributed by atoms with Gasteiger partial charge in [0.15, 0.2) is 0 Å². The molecule has 0 saturated carbocycles. The molecule has 18 heavy (non-hydrogen) atoms. The summed E-state index contributed by atoms with van der Waals surface area (Å²) < 4.78 is 1.79. The van der Waals surface area contributed by atoms with Gasteiger partial charge in [-0.2, -0.15) is 5.10 Å². The molecule has 2 rings (SSSR count). The van der Waals surface area contributed by atoms with Gasteiger partial charge in [-0.05, 0) is 25.1 Å². The van der Waals surface area contributed by atoms with E-state index >= 15 is 0 Å². The molecule has 0 aliphatic heterocycles. The maximum atomic E-state index is 10.8. The van der Waals surface area contributed by atoms with Crippen molar-refractivity contribution in [3.63, 3.8) is 0 Å². The summed E-state index contributed by atoms with van der Waals surface area (Å²) in [7, 11) is 0. The van der Waals surface area contributed by atoms with Gasteiger partial charge in [-0.3, -0.25) is 4.68 Å². The fourth-order valence-electron chi connectivity index (χ4n) is 1.60. The summed E-state index contributed by atoms with van der Waals surface area (Å²) in [6.45, 7) is 2.79. The minimum absolute atomic E-state index is 0.102. The smallest absolute Gasteiger partial charge is 0.337 e. The third-order valence-electron chi connectivity index (χ3n) is 2.53. The highest BCUT2D eigenvalue weighted by molar-refractivity contribution is 5.94. The summed E-state index contributed by atoms with van der Waals surface area (Å²) >= 11 is 0. The Kier molecular flexibility index (Phi) is 3.18. The van der Waals surface area contributed by atoms with Crippen molar-refractivity contribution in [3.8, 4) is 0 Å². The Morgan fingerprint density at radius 2 is 2.28 bits per heavy atom. The minimum atomic E-state index is -1.03. The van der Waals surface area contributed by atoms with E-state index in [9.17, 15) is 4.79 Å². The molecular weight excluding hydrogens is 232 g/mol. The van der Waals surface area contributed by atoms with Gasteiger partial charge >= 0.3 is 5.97 Å². The molecule has 4 N–H and O–H groups in total. The molecule has 0 unspecified atom stereocenters. The maximum Gasteiger partial charge on any atom is 0.337 e. The molecule has 0 atom stereocenters. The highest BCUT2D eigenvalue weighted by atomic mass is 16.4. The van der Waals surface area contributed by atoms with Crippen LogP contribution in [0.25, 0.3) is 0 Å². The lowest BCUT2D eigenvalue weighted by Gasteiger charge is -2.06. The van der Waals surface area contributed by atoms with Crippen LogP contribution in [-0.4, -0.2) is 20.9 Å². The number of hydrogen-bond donors (Lipinski definition) is 3. The number of rotatable bonds is 4. The number of carbonyl (C=O) groups is 1. The molecule has 0 bridgehead atoms. The molecule has 0 saturated heterocycles. The molecule has 0 aliphatic rings. The molecule has 1 heterocycles. The van der Waals surface area contributed by atoms with Crippen LogP contribution in [0, 0.1) is 0 Å². The van der Waals surface area contributed by atoms with E-state index < -0.39 is 5.97 Å². The molecule has 94 valence electrons. The number of aromatic carboxylic acids is 1. The van der Waals surface area contributed by atoms with Gasteiger partial charge in [0.2, 0.25) is 0 Å². The molecule has 6 nitrogen and oxygen atoms in total. The number of hydrogen-bond acceptors (Lipinski definition) is 4. The van der Waals surface area contributed by atoms with Crippen LogP contribution in [0.4, 0.5) is 17.1 Å². The molecular formula is C12H14N4O2. The normalized spacial score (nSPS) is 10.3. The van der Waals surface area contributed by atoms with E-state index in [2.05, 4.69) is 10.4 Å². The standard InChI is InChI=1S/C12H14N4O2/c1-2-16-7-9(6-14-16)15-8-3-4-10(12(17)18)11(13)5-8/h3-7,15H,2,13H2,1H3,(H,17,18). The number of nitrogens with zero attached hydrogens (tertiary/aromatic N) is 2. The van der Waals surface area contributed by atoms with Crippen molar-refractivity contribution in [1.29, 1.82) is 0 Å². The van der Waals surface area contributed by atoms with Crippen LogP contribution in [0.1, 0.15) is 17.3 Å². The second-order valence-corrected chi connectivity index (χ2v) is 3.82. The summed E-state index contributed by atoms with van der Waals surface area (Å²) in [5.41, 5.74) is 7.56. The molecule has 6 heteroatoms. The number of carboxylic acid groups (broad SMARTS) is 1. The third kappa shape index (κ3) is 2.42. The average molecular weight is 246 g/mol. The van der Waals surface area contributed by atoms with E-state index in [0.29, 0.717) is 0 Å². The molecule has 1 aromatic carbocycles. The molecule has 0 aliphatic carbocycles. The minimum Gasteiger partial charge on any atom is -0.478 e. The van der Waals surface area contributed by atoms with Crippen LogP contribution < -0.4 is 11.1 Å². The summed E-state index contributed by atoms with van der Waals surface area (Å²) in [5.74, 6) is -1.03. The van der Waals surface area contributed by atoms with Crippen molar-refractivity contribution in [3.05, 3.63) is 36.2 Å². The predicted molar refractivity (Wildman–Crippen MR) is 69.0 cm³/mol. The number of aromatic nitrogens is 2. The number of carboxylic acids is 1. The average Bonchev–Trinajstić information content (AvgIpc) is 2.76. The van der Waals surface area contributed by atoms with Crippen LogP contribution in [0.5, 0.6) is 0 Å². The lowest BCUT2D eigenvalue weighted by Crippen LogP contribution is -2.02. The SMILES string of the molecule is CCn1cc(Nc2ccc(C(=O)O)c(N)c2)cn1. The van der Waals surface area contributed by atoms with Crippen molar-refractivity contribution in [2.45, 2.75) is 13.5 Å². The zero-order valence-electron chi connectivity index (χ0n) is 9.92. The van der Waals surface area contributed by atoms with Gasteiger partial charge in [0, 0.05) is 24.1 Å². The first kappa shape index (κ1) is 12.0. The summed E-state index contributed by atoms with van der Waals surface area (Å²) in [6.07, 6.45) is 3.56. The quantitative estimate of drug-likeness (QED) is 0.717. The van der Waals surface area contributed by atoms with Gasteiger partial charge in [-0.1, -0.05) is 0 Å². The van der Waals surface area contributed by atoms with Crippen molar-refractivity contribution < 1.29 is 9.90 Å². The van der Waals surface area contributed by atoms with E-state index in [4.69, 9.17) is 10.8 Å². The number of benzene rings is 1. The Hall–Kier alpha value is -2.50. The van der Waals surface area contributed by atoms with Crippen LogP contribution in [0.2, 0.25) is 0 Å². The molecule has 0 amide bonds. The van der Waals surface area contributed by atoms with Gasteiger partial charge in [0.25, 0.3) is 0 Å². The van der Waals surface area contributed by atoms with Gasteiger partial charge in [-0.15, -0.1) is 0 Å². The maximum absolute atomic E-state index is 10.8. The second-order valence-electron chi connectivity index (χ2n) is 3.82. The Morgan fingerprint density at radius 3 is 2.83 bits per heavy atom. The lowest BCUT2D eigenvalue weighted by atomic mass is 10.1. The van der Waals surface area contributed by atoms with Crippen molar-refractivity contribution in [2.24, 2.45) is 0 Å². The summed E-state index contributed by atoms with van der Waals surface area (Å²) in [6, 6.07) is 4.74. The van der Waals surface area contributed by atoms with E-state index in [1.807, 2.05) is 13.1 Å². The molecule has 0 radical (unpaired) electrons. The first-order chi connectivity index (χ1) is 8.60. The predicted octanol–water partition coefficient (Wildman–Crippen LogP) is 1.93. The Bertz CT molecular complexity index is 577. The third-order valence-corrected chi connectivity index (χ3v) is 2.53. The van der Waals surface area contributed by atoms with Gasteiger partial charge < -0.3 is 16.2 Å². The monoisotopic (exact) mass is 246 g/mol. The second kappa shape index (κ2) is 4.79. The van der Waals surface area contributed by atoms with Crippen molar-refractivity contribution in [2.75, 3.05) is 11.1 Å². The number of nitrogens with two attached hydrogens (primary N) is 1. The van der Waals surface area contributed by atoms with Crippen molar-refractivity contribution in [1.82, 2.24) is 9.78 Å². The first-order valence-electron chi connectivity index (χ1n) is 5.52. The van der Waals surface area contributed by atoms with Gasteiger partial charge in [0.1, 0.15) is 0 Å². The van der Waals surface area contributed by atoms with E-state index in [0.717, 1.165) is 17.9 Å². The van der Waals surface area contributed by atoms with Crippen molar-refractivity contribution >= 4 is 23.0 Å². The van der Waals surface area contributed by atoms with Crippen LogP contribution >= 0.6 is 0 Å². The summed E-state index contributed by atoms with van der Waals surface area (Å²) in [5, 5.41) is 16.1. The van der Waals surface area contributed by atoms with Crippen LogP contribution in [0.15, 0.2) is 30.6 Å². The highest BCUT2D eigenvalue weighted by Gasteiger charge is 2.08. The Balaban J connectivity index is 2.19. The van der Waals surface area contributed by atoms with Crippen LogP contribution in [-0.2, 0) is 6.54 Å². The Labute approximate surface area is 104 Å². The van der Waals surface area contributed by atoms with E-state index in [-0.39, 0.29) is 11.3 Å². The van der Waals surface area contributed by atoms with E-state index in [1.165, 1.54) is 6.07 Å². The molecule has 1 aromatic heterocycles. The topological polar surface area (TPSA) is 93.2 Å².